The van der Waals surface area contributed by atoms with E-state index in [0.29, 0.717) is 12.0 Å². The van der Waals surface area contributed by atoms with Crippen LogP contribution in [0.25, 0.3) is 10.9 Å². The van der Waals surface area contributed by atoms with Gasteiger partial charge in [-0.1, -0.05) is 18.2 Å². The number of fused-ring (bicyclic) bond motifs is 1. The molecule has 3 aromatic rings. The molecule has 1 heterocycles. The molecule has 0 amide bonds. The zero-order chi connectivity index (χ0) is 14.7. The van der Waals surface area contributed by atoms with Gasteiger partial charge in [0.25, 0.3) is 0 Å². The highest BCUT2D eigenvalue weighted by Crippen LogP contribution is 2.19. The molecule has 0 aliphatic heterocycles. The molecule has 0 N–H and O–H groups in total. The monoisotopic (exact) mass is 277 g/mol. The fraction of sp³-hybridized carbons (Fsp3) is 0.111. The fourth-order valence-corrected chi connectivity index (χ4v) is 2.36. The largest absolute Gasteiger partial charge is 0.497 e. The molecule has 0 aliphatic rings. The third kappa shape index (κ3) is 2.77. The van der Waals surface area contributed by atoms with Crippen molar-refractivity contribution in [2.45, 2.75) is 6.42 Å². The first-order valence-electron chi connectivity index (χ1n) is 6.78. The summed E-state index contributed by atoms with van der Waals surface area (Å²) in [6.45, 7) is 0. The SMILES string of the molecule is COc1ccc(C(=O)Cc2ccnc3ccccc23)cc1. The van der Waals surface area contributed by atoms with Crippen molar-refractivity contribution in [2.24, 2.45) is 0 Å². The minimum absolute atomic E-state index is 0.0917. The molecule has 0 bridgehead atoms. The topological polar surface area (TPSA) is 39.2 Å². The second-order valence-corrected chi connectivity index (χ2v) is 4.82. The summed E-state index contributed by atoms with van der Waals surface area (Å²) in [6.07, 6.45) is 2.12. The van der Waals surface area contributed by atoms with E-state index in [1.54, 1.807) is 37.6 Å². The summed E-state index contributed by atoms with van der Waals surface area (Å²) in [5, 5.41) is 1.03. The zero-order valence-corrected chi connectivity index (χ0v) is 11.7. The van der Waals surface area contributed by atoms with Crippen LogP contribution in [-0.2, 0) is 6.42 Å². The van der Waals surface area contributed by atoms with E-state index in [1.807, 2.05) is 30.3 Å². The standard InChI is InChI=1S/C18H15NO2/c1-21-15-8-6-13(7-9-15)18(20)12-14-10-11-19-17-5-3-2-4-16(14)17/h2-11H,12H2,1H3. The molecule has 3 nitrogen and oxygen atoms in total. The van der Waals surface area contributed by atoms with E-state index in [2.05, 4.69) is 4.98 Å². The van der Waals surface area contributed by atoms with Crippen molar-refractivity contribution in [1.82, 2.24) is 4.98 Å². The molecule has 1 aromatic heterocycles. The van der Waals surface area contributed by atoms with E-state index in [1.165, 1.54) is 0 Å². The Morgan fingerprint density at radius 1 is 1.05 bits per heavy atom. The number of ether oxygens (including phenoxy) is 1. The van der Waals surface area contributed by atoms with Gasteiger partial charge in [0.2, 0.25) is 0 Å². The van der Waals surface area contributed by atoms with Crippen LogP contribution in [0.1, 0.15) is 15.9 Å². The van der Waals surface area contributed by atoms with Crippen LogP contribution >= 0.6 is 0 Å². The van der Waals surface area contributed by atoms with E-state index in [0.717, 1.165) is 22.2 Å². The van der Waals surface area contributed by atoms with Gasteiger partial charge in [-0.05, 0) is 42.0 Å². The molecule has 2 aromatic carbocycles. The first-order chi connectivity index (χ1) is 10.3. The molecular weight excluding hydrogens is 262 g/mol. The Hall–Kier alpha value is -2.68. The number of carbonyl (C=O) groups excluding carboxylic acids is 1. The van der Waals surface area contributed by atoms with Gasteiger partial charge in [-0.2, -0.15) is 0 Å². The number of hydrogen-bond acceptors (Lipinski definition) is 3. The summed E-state index contributed by atoms with van der Waals surface area (Å²) in [4.78, 5) is 16.7. The third-order valence-electron chi connectivity index (χ3n) is 3.50. The Morgan fingerprint density at radius 2 is 1.81 bits per heavy atom. The van der Waals surface area contributed by atoms with Crippen molar-refractivity contribution in [3.8, 4) is 5.75 Å². The fourth-order valence-electron chi connectivity index (χ4n) is 2.36. The van der Waals surface area contributed by atoms with Gasteiger partial charge in [0, 0.05) is 23.6 Å². The average molecular weight is 277 g/mol. The number of Topliss-reactive ketones (excluding diaryl/α,β-unsaturated/α-hetero) is 1. The number of para-hydroxylation sites is 1. The molecule has 0 unspecified atom stereocenters. The first-order valence-corrected chi connectivity index (χ1v) is 6.78. The lowest BCUT2D eigenvalue weighted by molar-refractivity contribution is 0.0993. The van der Waals surface area contributed by atoms with Gasteiger partial charge < -0.3 is 4.74 Å². The highest BCUT2D eigenvalue weighted by Gasteiger charge is 2.10. The predicted molar refractivity (Wildman–Crippen MR) is 82.8 cm³/mol. The van der Waals surface area contributed by atoms with Gasteiger partial charge in [0.15, 0.2) is 5.78 Å². The molecular formula is C18H15NO2. The molecule has 0 saturated carbocycles. The van der Waals surface area contributed by atoms with Crippen molar-refractivity contribution < 1.29 is 9.53 Å². The number of nitrogens with zero attached hydrogens (tertiary/aromatic N) is 1. The molecule has 21 heavy (non-hydrogen) atoms. The minimum Gasteiger partial charge on any atom is -0.497 e. The predicted octanol–water partition coefficient (Wildman–Crippen LogP) is 3.67. The maximum absolute atomic E-state index is 12.4. The van der Waals surface area contributed by atoms with Gasteiger partial charge in [-0.25, -0.2) is 0 Å². The van der Waals surface area contributed by atoms with Gasteiger partial charge in [0.1, 0.15) is 5.75 Å². The van der Waals surface area contributed by atoms with E-state index < -0.39 is 0 Å². The Labute approximate surface area is 123 Å². The number of methoxy groups -OCH3 is 1. The van der Waals surface area contributed by atoms with Crippen molar-refractivity contribution in [2.75, 3.05) is 7.11 Å². The highest BCUT2D eigenvalue weighted by atomic mass is 16.5. The summed E-state index contributed by atoms with van der Waals surface area (Å²) in [5.74, 6) is 0.843. The normalized spacial score (nSPS) is 10.5. The van der Waals surface area contributed by atoms with Crippen molar-refractivity contribution in [3.05, 3.63) is 71.9 Å². The number of carbonyl (C=O) groups is 1. The second kappa shape index (κ2) is 5.75. The lowest BCUT2D eigenvalue weighted by Crippen LogP contribution is -2.04. The third-order valence-corrected chi connectivity index (χ3v) is 3.50. The summed E-state index contributed by atoms with van der Waals surface area (Å²) in [5.41, 5.74) is 2.61. The average Bonchev–Trinajstić information content (AvgIpc) is 2.55. The molecule has 0 saturated heterocycles. The molecule has 0 radical (unpaired) electrons. The molecule has 3 rings (SSSR count). The number of hydrogen-bond donors (Lipinski definition) is 0. The lowest BCUT2D eigenvalue weighted by atomic mass is 10.00. The van der Waals surface area contributed by atoms with Gasteiger partial charge in [-0.15, -0.1) is 0 Å². The van der Waals surface area contributed by atoms with Crippen molar-refractivity contribution in [3.63, 3.8) is 0 Å². The number of aromatic nitrogens is 1. The molecule has 0 spiro atoms. The zero-order valence-electron chi connectivity index (χ0n) is 11.7. The maximum Gasteiger partial charge on any atom is 0.167 e. The summed E-state index contributed by atoms with van der Waals surface area (Å²) < 4.78 is 5.11. The van der Waals surface area contributed by atoms with E-state index in [4.69, 9.17) is 4.74 Å². The molecule has 0 atom stereocenters. The van der Waals surface area contributed by atoms with E-state index >= 15 is 0 Å². The quantitative estimate of drug-likeness (QED) is 0.683. The summed E-state index contributed by atoms with van der Waals surface area (Å²) in [6, 6.07) is 17.0. The Balaban J connectivity index is 1.89. The van der Waals surface area contributed by atoms with Gasteiger partial charge in [0.05, 0.1) is 12.6 Å². The second-order valence-electron chi connectivity index (χ2n) is 4.82. The van der Waals surface area contributed by atoms with E-state index in [-0.39, 0.29) is 5.78 Å². The molecule has 104 valence electrons. The minimum atomic E-state index is 0.0917. The summed E-state index contributed by atoms with van der Waals surface area (Å²) >= 11 is 0. The van der Waals surface area contributed by atoms with Crippen LogP contribution in [0.15, 0.2) is 60.8 Å². The Bertz CT molecular complexity index is 773. The highest BCUT2D eigenvalue weighted by molar-refractivity contribution is 5.99. The lowest BCUT2D eigenvalue weighted by Gasteiger charge is -2.06. The van der Waals surface area contributed by atoms with Crippen molar-refractivity contribution in [1.29, 1.82) is 0 Å². The summed E-state index contributed by atoms with van der Waals surface area (Å²) in [7, 11) is 1.61. The van der Waals surface area contributed by atoms with Crippen LogP contribution in [0.2, 0.25) is 0 Å². The van der Waals surface area contributed by atoms with E-state index in [9.17, 15) is 4.79 Å². The van der Waals surface area contributed by atoms with Crippen LogP contribution in [0.4, 0.5) is 0 Å². The van der Waals surface area contributed by atoms with Crippen LogP contribution in [-0.4, -0.2) is 17.9 Å². The van der Waals surface area contributed by atoms with Gasteiger partial charge >= 0.3 is 0 Å². The Morgan fingerprint density at radius 3 is 2.57 bits per heavy atom. The van der Waals surface area contributed by atoms with Gasteiger partial charge in [-0.3, -0.25) is 9.78 Å². The molecule has 0 fully saturated rings. The first kappa shape index (κ1) is 13.3. The number of benzene rings is 2. The molecule has 0 aliphatic carbocycles. The van der Waals surface area contributed by atoms with Crippen LogP contribution in [0, 0.1) is 0 Å². The number of rotatable bonds is 4. The van der Waals surface area contributed by atoms with Crippen molar-refractivity contribution >= 4 is 16.7 Å². The number of pyridine rings is 1. The smallest absolute Gasteiger partial charge is 0.167 e. The molecule has 3 heteroatoms. The maximum atomic E-state index is 12.4. The van der Waals surface area contributed by atoms with Crippen LogP contribution in [0.3, 0.4) is 0 Å². The number of ketones is 1. The Kier molecular flexibility index (Phi) is 3.65. The van der Waals surface area contributed by atoms with Crippen LogP contribution in [0.5, 0.6) is 5.75 Å². The van der Waals surface area contributed by atoms with Crippen LogP contribution < -0.4 is 4.74 Å².